The fourth-order valence-electron chi connectivity index (χ4n) is 5.17. The smallest absolute Gasteiger partial charge is 0.253 e. The number of hydrogen-bond donors (Lipinski definition) is 2. The van der Waals surface area contributed by atoms with E-state index in [1.54, 1.807) is 30.9 Å². The Labute approximate surface area is 215 Å². The molecule has 37 heavy (non-hydrogen) atoms. The van der Waals surface area contributed by atoms with Crippen molar-refractivity contribution in [1.29, 1.82) is 0 Å². The van der Waals surface area contributed by atoms with Crippen LogP contribution in [0.4, 0.5) is 11.4 Å². The minimum absolute atomic E-state index is 0.102. The molecule has 0 spiro atoms. The minimum Gasteiger partial charge on any atom is -0.354 e. The maximum atomic E-state index is 13.1. The number of nitrogens with one attached hydrogen (secondary N) is 2. The van der Waals surface area contributed by atoms with Crippen LogP contribution in [0, 0.1) is 5.92 Å². The molecule has 1 unspecified atom stereocenters. The lowest BCUT2D eigenvalue weighted by Crippen LogP contribution is -2.30. The average molecular weight is 492 g/mol. The maximum Gasteiger partial charge on any atom is 0.253 e. The van der Waals surface area contributed by atoms with Crippen LogP contribution in [0.15, 0.2) is 73.4 Å². The van der Waals surface area contributed by atoms with Crippen molar-refractivity contribution in [2.75, 3.05) is 32.0 Å². The molecule has 0 saturated carbocycles. The molecule has 1 saturated heterocycles. The molecule has 4 heterocycles. The summed E-state index contributed by atoms with van der Waals surface area (Å²) in [4.78, 5) is 28.9. The highest BCUT2D eigenvalue weighted by Gasteiger charge is 2.21. The molecule has 1 fully saturated rings. The number of rotatable bonds is 6. The predicted octanol–water partition coefficient (Wildman–Crippen LogP) is 4.61. The summed E-state index contributed by atoms with van der Waals surface area (Å²) in [7, 11) is 4.16. The van der Waals surface area contributed by atoms with Crippen molar-refractivity contribution in [3.05, 3.63) is 79.0 Å². The first-order chi connectivity index (χ1) is 18.0. The zero-order valence-electron chi connectivity index (χ0n) is 21.0. The lowest BCUT2D eigenvalue weighted by Gasteiger charge is -2.15. The molecule has 1 aliphatic rings. The Balaban J connectivity index is 1.33. The summed E-state index contributed by atoms with van der Waals surface area (Å²) < 4.78 is 2.11. The topological polar surface area (TPSA) is 88.0 Å². The van der Waals surface area contributed by atoms with E-state index in [1.807, 2.05) is 13.1 Å². The monoisotopic (exact) mass is 491 g/mol. The van der Waals surface area contributed by atoms with Crippen molar-refractivity contribution < 1.29 is 4.79 Å². The van der Waals surface area contributed by atoms with Crippen molar-refractivity contribution in [3.8, 4) is 11.1 Å². The first-order valence-corrected chi connectivity index (χ1v) is 12.5. The highest BCUT2D eigenvalue weighted by molar-refractivity contribution is 6.01. The number of likely N-dealkylation sites (tertiary alicyclic amines) is 1. The lowest BCUT2D eigenvalue weighted by molar-refractivity contribution is 0.0948. The summed E-state index contributed by atoms with van der Waals surface area (Å²) in [6.07, 6.45) is 9.91. The van der Waals surface area contributed by atoms with E-state index in [1.165, 1.54) is 5.39 Å². The largest absolute Gasteiger partial charge is 0.354 e. The second kappa shape index (κ2) is 9.63. The molecule has 2 N–H and O–H groups in total. The Bertz CT molecular complexity index is 1610. The third kappa shape index (κ3) is 4.63. The van der Waals surface area contributed by atoms with Gasteiger partial charge in [0.2, 0.25) is 0 Å². The molecular formula is C29H29N7O. The number of hydrogen-bond acceptors (Lipinski definition) is 6. The fourth-order valence-corrected chi connectivity index (χ4v) is 5.17. The summed E-state index contributed by atoms with van der Waals surface area (Å²) >= 11 is 0. The van der Waals surface area contributed by atoms with Crippen LogP contribution < -0.4 is 10.6 Å². The predicted molar refractivity (Wildman–Crippen MR) is 147 cm³/mol. The average Bonchev–Trinajstić information content (AvgIpc) is 3.51. The van der Waals surface area contributed by atoms with E-state index in [0.717, 1.165) is 52.9 Å². The molecule has 8 nitrogen and oxygen atoms in total. The number of amides is 1. The van der Waals surface area contributed by atoms with Gasteiger partial charge in [0.1, 0.15) is 0 Å². The summed E-state index contributed by atoms with van der Waals surface area (Å²) in [5, 5.41) is 7.73. The minimum atomic E-state index is -0.102. The van der Waals surface area contributed by atoms with E-state index in [-0.39, 0.29) is 5.91 Å². The molecule has 0 radical (unpaired) electrons. The number of carbonyl (C=O) groups excluding carboxylic acids is 1. The second-order valence-corrected chi connectivity index (χ2v) is 9.82. The standard InChI is InChI=1S/C29H29N7O/c1-35-11-6-19(18-35)16-33-29(37)23-5-8-30-17-26(23)34-22-14-24(28-25(15-22)31-9-10-32-28)21-4-3-20-7-12-36(2)27(20)13-21/h3-5,7-10,12-15,17,19,34H,6,11,16,18H2,1-2H3,(H,33,37). The molecule has 0 aliphatic carbocycles. The van der Waals surface area contributed by atoms with Gasteiger partial charge in [0.05, 0.1) is 28.5 Å². The number of carbonyl (C=O) groups is 1. The molecule has 1 amide bonds. The zero-order chi connectivity index (χ0) is 25.4. The Morgan fingerprint density at radius 2 is 1.95 bits per heavy atom. The van der Waals surface area contributed by atoms with Crippen LogP contribution in [0.2, 0.25) is 0 Å². The molecule has 2 aromatic carbocycles. The van der Waals surface area contributed by atoms with Crippen LogP contribution in [-0.4, -0.2) is 57.0 Å². The summed E-state index contributed by atoms with van der Waals surface area (Å²) in [6.45, 7) is 2.76. The molecule has 0 bridgehead atoms. The molecule has 1 aliphatic heterocycles. The van der Waals surface area contributed by atoms with Gasteiger partial charge in [-0.05, 0) is 67.2 Å². The fraction of sp³-hybridized carbons (Fsp3) is 0.241. The number of pyridine rings is 1. The van der Waals surface area contributed by atoms with Crippen LogP contribution >= 0.6 is 0 Å². The van der Waals surface area contributed by atoms with Gasteiger partial charge in [0.25, 0.3) is 5.91 Å². The first-order valence-electron chi connectivity index (χ1n) is 12.5. The van der Waals surface area contributed by atoms with E-state index in [9.17, 15) is 4.79 Å². The Morgan fingerprint density at radius 1 is 1.05 bits per heavy atom. The maximum absolute atomic E-state index is 13.1. The summed E-state index contributed by atoms with van der Waals surface area (Å²) in [5.74, 6) is 0.379. The van der Waals surface area contributed by atoms with E-state index in [2.05, 4.69) is 78.6 Å². The lowest BCUT2D eigenvalue weighted by atomic mass is 10.0. The van der Waals surface area contributed by atoms with E-state index >= 15 is 0 Å². The molecule has 8 heteroatoms. The summed E-state index contributed by atoms with van der Waals surface area (Å²) in [6, 6.07) is 14.3. The van der Waals surface area contributed by atoms with Gasteiger partial charge >= 0.3 is 0 Å². The first kappa shape index (κ1) is 23.1. The quantitative estimate of drug-likeness (QED) is 0.361. The molecule has 186 valence electrons. The molecule has 3 aromatic heterocycles. The van der Waals surface area contributed by atoms with E-state index in [4.69, 9.17) is 0 Å². The zero-order valence-corrected chi connectivity index (χ0v) is 21.0. The van der Waals surface area contributed by atoms with Crippen molar-refractivity contribution >= 4 is 39.2 Å². The second-order valence-electron chi connectivity index (χ2n) is 9.82. The van der Waals surface area contributed by atoms with Gasteiger partial charge in [-0.2, -0.15) is 0 Å². The Kier molecular flexibility index (Phi) is 6.02. The number of nitrogens with zero attached hydrogens (tertiary/aromatic N) is 5. The molecular weight excluding hydrogens is 462 g/mol. The van der Waals surface area contributed by atoms with Crippen LogP contribution in [0.5, 0.6) is 0 Å². The molecule has 1 atom stereocenters. The van der Waals surface area contributed by atoms with Crippen molar-refractivity contribution in [1.82, 2.24) is 29.7 Å². The van der Waals surface area contributed by atoms with Crippen molar-refractivity contribution in [2.24, 2.45) is 13.0 Å². The Morgan fingerprint density at radius 3 is 2.81 bits per heavy atom. The summed E-state index contributed by atoms with van der Waals surface area (Å²) in [5.41, 5.74) is 6.79. The van der Waals surface area contributed by atoms with Crippen LogP contribution in [0.3, 0.4) is 0 Å². The number of anilines is 2. The number of fused-ring (bicyclic) bond motifs is 2. The van der Waals surface area contributed by atoms with Crippen LogP contribution in [-0.2, 0) is 7.05 Å². The van der Waals surface area contributed by atoms with E-state index < -0.39 is 0 Å². The van der Waals surface area contributed by atoms with Gasteiger partial charge in [0.15, 0.2) is 0 Å². The highest BCUT2D eigenvalue weighted by atomic mass is 16.1. The van der Waals surface area contributed by atoms with Crippen molar-refractivity contribution in [2.45, 2.75) is 6.42 Å². The van der Waals surface area contributed by atoms with Gasteiger partial charge in [-0.25, -0.2) is 0 Å². The molecule has 5 aromatic rings. The third-order valence-electron chi connectivity index (χ3n) is 7.16. The number of aromatic nitrogens is 4. The number of benzene rings is 2. The van der Waals surface area contributed by atoms with Gasteiger partial charge < -0.3 is 20.1 Å². The van der Waals surface area contributed by atoms with Crippen LogP contribution in [0.1, 0.15) is 16.8 Å². The van der Waals surface area contributed by atoms with Gasteiger partial charge in [-0.3, -0.25) is 19.7 Å². The number of aryl methyl sites for hydroxylation is 1. The highest BCUT2D eigenvalue weighted by Crippen LogP contribution is 2.33. The van der Waals surface area contributed by atoms with Gasteiger partial charge in [-0.15, -0.1) is 0 Å². The Hall–Kier alpha value is -4.30. The third-order valence-corrected chi connectivity index (χ3v) is 7.16. The van der Waals surface area contributed by atoms with Gasteiger partial charge in [-0.1, -0.05) is 12.1 Å². The van der Waals surface area contributed by atoms with Gasteiger partial charge in [0, 0.05) is 61.7 Å². The van der Waals surface area contributed by atoms with Crippen LogP contribution in [0.25, 0.3) is 33.1 Å². The van der Waals surface area contributed by atoms with Crippen molar-refractivity contribution in [3.63, 3.8) is 0 Å². The molecule has 6 rings (SSSR count). The normalized spacial score (nSPS) is 15.9. The SMILES string of the molecule is CN1CCC(CNC(=O)c2ccncc2Nc2cc(-c3ccc4ccn(C)c4c3)c3nccnc3c2)C1. The van der Waals surface area contributed by atoms with E-state index in [0.29, 0.717) is 23.7 Å².